The van der Waals surface area contributed by atoms with Gasteiger partial charge in [0.1, 0.15) is 10.9 Å². The molecule has 0 radical (unpaired) electrons. The minimum atomic E-state index is -2.94. The second-order valence-corrected chi connectivity index (χ2v) is 6.17. The number of nitrogens with zero attached hydrogens (tertiary/aromatic N) is 2. The van der Waals surface area contributed by atoms with E-state index in [1.54, 1.807) is 25.4 Å². The molecule has 10 heteroatoms. The summed E-state index contributed by atoms with van der Waals surface area (Å²) < 4.78 is 40.5. The van der Waals surface area contributed by atoms with Crippen molar-refractivity contribution in [3.8, 4) is 17.2 Å². The van der Waals surface area contributed by atoms with Crippen LogP contribution < -0.4 is 24.8 Å². The summed E-state index contributed by atoms with van der Waals surface area (Å²) in [6.07, 6.45) is 2.43. The molecule has 1 aliphatic rings. The van der Waals surface area contributed by atoms with Crippen molar-refractivity contribution in [1.82, 2.24) is 15.6 Å². The molecule has 7 nitrogen and oxygen atoms in total. The van der Waals surface area contributed by atoms with Gasteiger partial charge in [0.15, 0.2) is 17.5 Å². The van der Waals surface area contributed by atoms with Crippen LogP contribution in [0.5, 0.6) is 17.2 Å². The van der Waals surface area contributed by atoms with Crippen molar-refractivity contribution >= 4 is 17.6 Å². The topological polar surface area (TPSA) is 77.0 Å². The van der Waals surface area contributed by atoms with Crippen molar-refractivity contribution in [1.29, 1.82) is 0 Å². The Kier molecular flexibility index (Phi) is 6.70. The van der Waals surface area contributed by atoms with E-state index < -0.39 is 6.61 Å². The minimum absolute atomic E-state index is 0.0226. The predicted octanol–water partition coefficient (Wildman–Crippen LogP) is 2.97. The SMILES string of the molecule is CN=C(NCCc1ccc(Cl)nc1)NCc1cc2c(cc1OC(F)F)OCO2. The summed E-state index contributed by atoms with van der Waals surface area (Å²) in [5.74, 6) is 1.40. The fraction of sp³-hybridized carbons (Fsp3) is 0.333. The molecule has 1 aromatic heterocycles. The van der Waals surface area contributed by atoms with Crippen LogP contribution in [0.25, 0.3) is 0 Å². The minimum Gasteiger partial charge on any atom is -0.454 e. The highest BCUT2D eigenvalue weighted by atomic mass is 35.5. The fourth-order valence-electron chi connectivity index (χ4n) is 2.59. The van der Waals surface area contributed by atoms with Crippen LogP contribution in [0.1, 0.15) is 11.1 Å². The molecular formula is C18H19ClF2N4O3. The largest absolute Gasteiger partial charge is 0.454 e. The lowest BCUT2D eigenvalue weighted by molar-refractivity contribution is -0.0505. The molecule has 28 heavy (non-hydrogen) atoms. The molecule has 0 atom stereocenters. The number of nitrogens with one attached hydrogen (secondary N) is 2. The number of rotatable bonds is 7. The summed E-state index contributed by atoms with van der Waals surface area (Å²) in [6.45, 7) is -2.08. The van der Waals surface area contributed by atoms with E-state index in [4.69, 9.17) is 21.1 Å². The number of aliphatic imine (C=N–C) groups is 1. The molecule has 0 aliphatic carbocycles. The van der Waals surface area contributed by atoms with Crippen molar-refractivity contribution in [3.63, 3.8) is 0 Å². The van der Waals surface area contributed by atoms with E-state index in [9.17, 15) is 8.78 Å². The van der Waals surface area contributed by atoms with Crippen LogP contribution in [0.15, 0.2) is 35.5 Å². The van der Waals surface area contributed by atoms with Crippen molar-refractivity contribution < 1.29 is 23.0 Å². The monoisotopic (exact) mass is 412 g/mol. The van der Waals surface area contributed by atoms with Crippen molar-refractivity contribution in [2.24, 2.45) is 4.99 Å². The van der Waals surface area contributed by atoms with Gasteiger partial charge in [0.05, 0.1) is 0 Å². The second kappa shape index (κ2) is 9.41. The van der Waals surface area contributed by atoms with Crippen molar-refractivity contribution in [2.75, 3.05) is 20.4 Å². The Hall–Kier alpha value is -2.81. The summed E-state index contributed by atoms with van der Waals surface area (Å²) >= 11 is 5.77. The van der Waals surface area contributed by atoms with Gasteiger partial charge in [-0.2, -0.15) is 8.78 Å². The first kappa shape index (κ1) is 19.9. The number of pyridine rings is 1. The van der Waals surface area contributed by atoms with Crippen LogP contribution in [-0.4, -0.2) is 37.9 Å². The number of hydrogen-bond acceptors (Lipinski definition) is 5. The van der Waals surface area contributed by atoms with Gasteiger partial charge in [-0.15, -0.1) is 0 Å². The van der Waals surface area contributed by atoms with Crippen LogP contribution >= 0.6 is 11.6 Å². The Labute approximate surface area is 165 Å². The lowest BCUT2D eigenvalue weighted by Crippen LogP contribution is -2.38. The van der Waals surface area contributed by atoms with Gasteiger partial charge in [0, 0.05) is 38.0 Å². The van der Waals surface area contributed by atoms with Gasteiger partial charge < -0.3 is 24.8 Å². The molecule has 1 aliphatic heterocycles. The maximum atomic E-state index is 12.7. The zero-order valence-electron chi connectivity index (χ0n) is 15.0. The summed E-state index contributed by atoms with van der Waals surface area (Å²) in [4.78, 5) is 8.15. The molecule has 3 rings (SSSR count). The van der Waals surface area contributed by atoms with Gasteiger partial charge in [0.25, 0.3) is 0 Å². The number of alkyl halides is 2. The van der Waals surface area contributed by atoms with Gasteiger partial charge in [-0.3, -0.25) is 4.99 Å². The van der Waals surface area contributed by atoms with Crippen LogP contribution in [0.2, 0.25) is 5.15 Å². The third-order valence-corrected chi connectivity index (χ3v) is 4.16. The summed E-state index contributed by atoms with van der Waals surface area (Å²) in [6, 6.07) is 6.64. The zero-order valence-corrected chi connectivity index (χ0v) is 15.8. The van der Waals surface area contributed by atoms with Crippen molar-refractivity contribution in [2.45, 2.75) is 19.6 Å². The average molecular weight is 413 g/mol. The fourth-order valence-corrected chi connectivity index (χ4v) is 2.70. The van der Waals surface area contributed by atoms with E-state index in [2.05, 4.69) is 25.3 Å². The average Bonchev–Trinajstić information content (AvgIpc) is 3.12. The summed E-state index contributed by atoms with van der Waals surface area (Å²) in [7, 11) is 1.62. The third kappa shape index (κ3) is 5.35. The van der Waals surface area contributed by atoms with Crippen LogP contribution in [-0.2, 0) is 13.0 Å². The third-order valence-electron chi connectivity index (χ3n) is 3.94. The normalized spacial score (nSPS) is 13.0. The summed E-state index contributed by atoms with van der Waals surface area (Å²) in [5, 5.41) is 6.66. The van der Waals surface area contributed by atoms with E-state index in [-0.39, 0.29) is 19.1 Å². The quantitative estimate of drug-likeness (QED) is 0.413. The Morgan fingerprint density at radius 1 is 1.29 bits per heavy atom. The first-order chi connectivity index (χ1) is 13.5. The number of ether oxygens (including phenoxy) is 3. The molecule has 0 spiro atoms. The Morgan fingerprint density at radius 2 is 2.07 bits per heavy atom. The molecule has 0 fully saturated rings. The molecule has 2 N–H and O–H groups in total. The molecule has 2 aromatic rings. The van der Waals surface area contributed by atoms with Gasteiger partial charge in [-0.1, -0.05) is 17.7 Å². The molecule has 1 aromatic carbocycles. The standard InChI is InChI=1S/C18H19ClF2N4O3/c1-22-18(23-5-4-11-2-3-16(19)24-8-11)25-9-12-6-14-15(27-10-26-14)7-13(12)28-17(20)21/h2-3,6-8,17H,4-5,9-10H2,1H3,(H2,22,23,25). The lowest BCUT2D eigenvalue weighted by Gasteiger charge is -2.15. The Balaban J connectivity index is 1.57. The van der Waals surface area contributed by atoms with Crippen LogP contribution in [0, 0.1) is 0 Å². The number of aromatic nitrogens is 1. The van der Waals surface area contributed by atoms with Crippen LogP contribution in [0.4, 0.5) is 8.78 Å². The number of guanidine groups is 1. The molecule has 0 amide bonds. The van der Waals surface area contributed by atoms with E-state index in [1.165, 1.54) is 6.07 Å². The predicted molar refractivity (Wildman–Crippen MR) is 100 cm³/mol. The molecule has 0 saturated heterocycles. The smallest absolute Gasteiger partial charge is 0.387 e. The second-order valence-electron chi connectivity index (χ2n) is 5.78. The van der Waals surface area contributed by atoms with Gasteiger partial charge in [-0.25, -0.2) is 4.98 Å². The molecule has 150 valence electrons. The van der Waals surface area contributed by atoms with Crippen molar-refractivity contribution in [3.05, 3.63) is 46.7 Å². The van der Waals surface area contributed by atoms with E-state index >= 15 is 0 Å². The zero-order chi connectivity index (χ0) is 19.9. The van der Waals surface area contributed by atoms with Crippen LogP contribution in [0.3, 0.4) is 0 Å². The summed E-state index contributed by atoms with van der Waals surface area (Å²) in [5.41, 5.74) is 1.52. The number of benzene rings is 1. The molecule has 0 bridgehead atoms. The first-order valence-electron chi connectivity index (χ1n) is 8.47. The Morgan fingerprint density at radius 3 is 2.75 bits per heavy atom. The number of fused-ring (bicyclic) bond motifs is 1. The maximum absolute atomic E-state index is 12.7. The molecule has 2 heterocycles. The molecule has 0 saturated carbocycles. The maximum Gasteiger partial charge on any atom is 0.387 e. The van der Waals surface area contributed by atoms with Gasteiger partial charge in [0.2, 0.25) is 6.79 Å². The highest BCUT2D eigenvalue weighted by Gasteiger charge is 2.20. The highest BCUT2D eigenvalue weighted by Crippen LogP contribution is 2.38. The van der Waals surface area contributed by atoms with E-state index in [1.807, 2.05) is 6.07 Å². The number of hydrogen-bond donors (Lipinski definition) is 2. The molecule has 0 unspecified atom stereocenters. The Bertz CT molecular complexity index is 834. The van der Waals surface area contributed by atoms with E-state index in [0.29, 0.717) is 41.1 Å². The number of halogens is 3. The van der Waals surface area contributed by atoms with Gasteiger partial charge >= 0.3 is 6.61 Å². The molecular weight excluding hydrogens is 394 g/mol. The highest BCUT2D eigenvalue weighted by molar-refractivity contribution is 6.29. The first-order valence-corrected chi connectivity index (χ1v) is 8.85. The van der Waals surface area contributed by atoms with Gasteiger partial charge in [-0.05, 0) is 24.1 Å². The lowest BCUT2D eigenvalue weighted by atomic mass is 10.1. The van der Waals surface area contributed by atoms with E-state index in [0.717, 1.165) is 5.56 Å².